The Morgan fingerprint density at radius 3 is 2.30 bits per heavy atom. The van der Waals surface area contributed by atoms with Crippen LogP contribution in [0.1, 0.15) is 17.5 Å². The van der Waals surface area contributed by atoms with Crippen molar-refractivity contribution in [3.05, 3.63) is 83.5 Å². The number of rotatable bonds is 10. The summed E-state index contributed by atoms with van der Waals surface area (Å²) >= 11 is 7.51. The van der Waals surface area contributed by atoms with E-state index in [2.05, 4.69) is 67.4 Å². The maximum atomic E-state index is 13.2. The van der Waals surface area contributed by atoms with Crippen LogP contribution in [0.4, 0.5) is 30.4 Å². The molecule has 7 nitrogen and oxygen atoms in total. The molecule has 0 atom stereocenters. The quantitative estimate of drug-likeness (QED) is 0.205. The Labute approximate surface area is 260 Å². The minimum atomic E-state index is -4.46. The lowest BCUT2D eigenvalue weighted by Gasteiger charge is -2.36. The van der Waals surface area contributed by atoms with Crippen LogP contribution in [-0.2, 0) is 6.18 Å². The molecule has 0 bridgehead atoms. The van der Waals surface area contributed by atoms with Crippen molar-refractivity contribution < 1.29 is 13.2 Å². The van der Waals surface area contributed by atoms with Gasteiger partial charge in [-0.25, -0.2) is 9.29 Å². The van der Waals surface area contributed by atoms with Gasteiger partial charge >= 0.3 is 6.18 Å². The number of hydrogen-bond donors (Lipinski definition) is 2. The van der Waals surface area contributed by atoms with Crippen molar-refractivity contribution in [2.24, 2.45) is 5.73 Å². The second kappa shape index (κ2) is 14.2. The number of nitrogens with two attached hydrogens (primary N) is 1. The van der Waals surface area contributed by atoms with Crippen LogP contribution >= 0.6 is 23.5 Å². The van der Waals surface area contributed by atoms with Gasteiger partial charge in [0.15, 0.2) is 0 Å². The monoisotopic (exact) mass is 631 g/mol. The number of alkyl halides is 3. The minimum absolute atomic E-state index is 0.154. The predicted molar refractivity (Wildman–Crippen MR) is 172 cm³/mol. The highest BCUT2D eigenvalue weighted by Gasteiger charge is 2.32. The number of aromatic nitrogens is 1. The van der Waals surface area contributed by atoms with Crippen molar-refractivity contribution in [3.8, 4) is 0 Å². The van der Waals surface area contributed by atoms with Gasteiger partial charge in [-0.3, -0.25) is 4.90 Å². The molecule has 0 spiro atoms. The first-order valence-electron chi connectivity index (χ1n) is 14.4. The van der Waals surface area contributed by atoms with Crippen LogP contribution in [0.3, 0.4) is 0 Å². The Kier molecular flexibility index (Phi) is 10.4. The largest absolute Gasteiger partial charge is 0.416 e. The third-order valence-corrected chi connectivity index (χ3v) is 8.97. The number of anilines is 3. The molecule has 0 amide bonds. The molecule has 5 rings (SSSR count). The smallest absolute Gasteiger partial charge is 0.369 e. The fourth-order valence-electron chi connectivity index (χ4n) is 5.25. The minimum Gasteiger partial charge on any atom is -0.369 e. The van der Waals surface area contributed by atoms with Gasteiger partial charge in [-0.2, -0.15) is 13.2 Å². The number of halogens is 4. The number of hydrogen-bond acceptors (Lipinski definition) is 8. The molecule has 0 aliphatic carbocycles. The average Bonchev–Trinajstić information content (AvgIpc) is 3.01. The number of nitrogens with zero attached hydrogens (tertiary/aromatic N) is 5. The van der Waals surface area contributed by atoms with Gasteiger partial charge in [0.05, 0.1) is 5.56 Å². The molecule has 3 N–H and O–H groups in total. The van der Waals surface area contributed by atoms with Gasteiger partial charge in [0.2, 0.25) is 0 Å². The summed E-state index contributed by atoms with van der Waals surface area (Å²) < 4.78 is 41.8. The van der Waals surface area contributed by atoms with Crippen molar-refractivity contribution in [1.82, 2.24) is 14.2 Å². The molecule has 12 heteroatoms. The topological polar surface area (TPSA) is 63.9 Å². The van der Waals surface area contributed by atoms with E-state index in [9.17, 15) is 13.2 Å². The summed E-state index contributed by atoms with van der Waals surface area (Å²) in [5.74, 6) is 0.256. The number of pyridine rings is 1. The Hall–Kier alpha value is -2.96. The molecule has 43 heavy (non-hydrogen) atoms. The molecule has 230 valence electrons. The molecular formula is C31H37ClF3N7S. The van der Waals surface area contributed by atoms with E-state index in [1.807, 2.05) is 17.0 Å². The first kappa shape index (κ1) is 31.5. The lowest BCUT2D eigenvalue weighted by atomic mass is 10.1. The van der Waals surface area contributed by atoms with E-state index in [4.69, 9.17) is 17.3 Å². The summed E-state index contributed by atoms with van der Waals surface area (Å²) in [5, 5.41) is 3.28. The van der Waals surface area contributed by atoms with Crippen molar-refractivity contribution in [3.63, 3.8) is 0 Å². The molecule has 0 unspecified atom stereocenters. The third kappa shape index (κ3) is 8.57. The fourth-order valence-corrected chi connectivity index (χ4v) is 6.35. The molecule has 2 fully saturated rings. The summed E-state index contributed by atoms with van der Waals surface area (Å²) in [7, 11) is 0. The summed E-state index contributed by atoms with van der Waals surface area (Å²) in [5.41, 5.74) is 8.92. The molecule has 3 heterocycles. The maximum absolute atomic E-state index is 13.2. The molecule has 2 aliphatic heterocycles. The highest BCUT2D eigenvalue weighted by Crippen LogP contribution is 2.34. The van der Waals surface area contributed by atoms with E-state index in [-0.39, 0.29) is 11.0 Å². The van der Waals surface area contributed by atoms with Crippen LogP contribution in [0.2, 0.25) is 5.15 Å². The molecule has 2 aromatic carbocycles. The molecule has 0 saturated carbocycles. The molecular weight excluding hydrogens is 595 g/mol. The van der Waals surface area contributed by atoms with Crippen LogP contribution in [0, 0.1) is 0 Å². The normalized spacial score (nSPS) is 16.9. The maximum Gasteiger partial charge on any atom is 0.416 e. The van der Waals surface area contributed by atoms with E-state index in [1.54, 1.807) is 11.9 Å². The molecule has 0 radical (unpaired) electrons. The van der Waals surface area contributed by atoms with E-state index >= 15 is 0 Å². The number of benzene rings is 2. The van der Waals surface area contributed by atoms with Crippen LogP contribution in [0.15, 0.2) is 72.1 Å². The highest BCUT2D eigenvalue weighted by molar-refractivity contribution is 7.97. The second-order valence-electron chi connectivity index (χ2n) is 10.7. The zero-order chi connectivity index (χ0) is 30.4. The van der Waals surface area contributed by atoms with Gasteiger partial charge in [0, 0.05) is 74.3 Å². The zero-order valence-electron chi connectivity index (χ0n) is 24.0. The number of piperazine rings is 2. The van der Waals surface area contributed by atoms with E-state index < -0.39 is 11.7 Å². The standard InChI is InChI=1S/C31H37ClF3N7S/c1-23(24-4-2-5-27(20-24)40-14-12-39(13-15-40)11-3-10-36)37-26-6-8-28(9-7-26)43-42-18-16-41(17-19-42)30-22-25(31(33,34)35)21-29(32)38-30/h2,4-9,20-22,37H,1,3,10-19,36H2. The Balaban J connectivity index is 1.11. The lowest BCUT2D eigenvalue weighted by molar-refractivity contribution is -0.137. The summed E-state index contributed by atoms with van der Waals surface area (Å²) in [4.78, 5) is 11.9. The van der Waals surface area contributed by atoms with Crippen molar-refractivity contribution in [1.29, 1.82) is 0 Å². The van der Waals surface area contributed by atoms with Gasteiger partial charge < -0.3 is 20.9 Å². The summed E-state index contributed by atoms with van der Waals surface area (Å²) in [6.07, 6.45) is -3.42. The van der Waals surface area contributed by atoms with Crippen molar-refractivity contribution in [2.75, 3.05) is 80.6 Å². The first-order chi connectivity index (χ1) is 20.7. The van der Waals surface area contributed by atoms with Gasteiger partial charge in [-0.15, -0.1) is 0 Å². The summed E-state index contributed by atoms with van der Waals surface area (Å²) in [6, 6.07) is 18.6. The van der Waals surface area contributed by atoms with Crippen LogP contribution < -0.4 is 20.9 Å². The number of nitrogens with one attached hydrogen (secondary N) is 1. The Morgan fingerprint density at radius 1 is 0.930 bits per heavy atom. The van der Waals surface area contributed by atoms with Gasteiger partial charge in [0.25, 0.3) is 0 Å². The van der Waals surface area contributed by atoms with Crippen LogP contribution in [0.25, 0.3) is 5.70 Å². The van der Waals surface area contributed by atoms with E-state index in [0.29, 0.717) is 26.2 Å². The van der Waals surface area contributed by atoms with Gasteiger partial charge in [-0.1, -0.05) is 30.3 Å². The molecule has 3 aromatic rings. The summed E-state index contributed by atoms with van der Waals surface area (Å²) in [6.45, 7) is 12.6. The molecule has 1 aromatic heterocycles. The third-order valence-electron chi connectivity index (χ3n) is 7.67. The fraction of sp³-hybridized carbons (Fsp3) is 0.387. The van der Waals surface area contributed by atoms with E-state index in [0.717, 1.165) is 79.7 Å². The Morgan fingerprint density at radius 2 is 1.63 bits per heavy atom. The van der Waals surface area contributed by atoms with Crippen LogP contribution in [-0.4, -0.2) is 79.6 Å². The SMILES string of the molecule is C=C(Nc1ccc(SN2CCN(c3cc(C(F)(F)F)cc(Cl)n3)CC2)cc1)c1cccc(N2CCN(CCCN)CC2)c1. The van der Waals surface area contributed by atoms with Gasteiger partial charge in [0.1, 0.15) is 11.0 Å². The second-order valence-corrected chi connectivity index (χ2v) is 12.2. The highest BCUT2D eigenvalue weighted by atomic mass is 35.5. The van der Waals surface area contributed by atoms with Crippen molar-refractivity contribution in [2.45, 2.75) is 17.5 Å². The predicted octanol–water partition coefficient (Wildman–Crippen LogP) is 6.14. The zero-order valence-corrected chi connectivity index (χ0v) is 25.6. The molecule has 2 aliphatic rings. The first-order valence-corrected chi connectivity index (χ1v) is 15.6. The Bertz CT molecular complexity index is 1370. The average molecular weight is 632 g/mol. The van der Waals surface area contributed by atoms with Gasteiger partial charge in [-0.05, 0) is 85.6 Å². The van der Waals surface area contributed by atoms with Crippen LogP contribution in [0.5, 0.6) is 0 Å². The van der Waals surface area contributed by atoms with E-state index in [1.165, 1.54) is 5.69 Å². The molecule has 2 saturated heterocycles. The lowest BCUT2D eigenvalue weighted by Crippen LogP contribution is -2.46. The van der Waals surface area contributed by atoms with Crippen molar-refractivity contribution >= 4 is 46.4 Å².